The number of benzene rings is 1. The van der Waals surface area contributed by atoms with Crippen LogP contribution in [0.3, 0.4) is 0 Å². The summed E-state index contributed by atoms with van der Waals surface area (Å²) in [6, 6.07) is 12.7. The fourth-order valence-electron chi connectivity index (χ4n) is 4.75. The zero-order valence-electron chi connectivity index (χ0n) is 25.3. The third-order valence-corrected chi connectivity index (χ3v) is 7.40. The summed E-state index contributed by atoms with van der Waals surface area (Å²) < 4.78 is 31.7. The summed E-state index contributed by atoms with van der Waals surface area (Å²) >= 11 is 0. The maximum absolute atomic E-state index is 13.9. The Morgan fingerprint density at radius 1 is 1.09 bits per heavy atom. The van der Waals surface area contributed by atoms with E-state index in [0.29, 0.717) is 30.3 Å². The molecule has 0 spiro atoms. The quantitative estimate of drug-likeness (QED) is 0.298. The molecule has 0 radical (unpaired) electrons. The standard InChI is InChI=1S/C30H31N7O2.C2HF3O2/c1-19-15-25-16-23(6-8-27(25)35-28(19)31)30(39)37(20(2)29-32-11-4-12-33-29)18-26-7-5-24(17-34-26)22-9-13-36(14-10-22)21(3)38;3-2(4,5)1(6)7/h4-9,11-12,15-17,20H,10,13-14,18H2,1-3H3,(H2,31,35);(H,6,7)/t20-;/m1./s1. The molecule has 0 saturated heterocycles. The van der Waals surface area contributed by atoms with Gasteiger partial charge in [-0.2, -0.15) is 13.2 Å². The van der Waals surface area contributed by atoms with Crippen molar-refractivity contribution in [3.63, 3.8) is 0 Å². The number of alkyl halides is 3. The van der Waals surface area contributed by atoms with Crippen molar-refractivity contribution in [1.29, 1.82) is 0 Å². The highest BCUT2D eigenvalue weighted by Crippen LogP contribution is 2.26. The first-order chi connectivity index (χ1) is 21.7. The van der Waals surface area contributed by atoms with E-state index >= 15 is 0 Å². The van der Waals surface area contributed by atoms with Gasteiger partial charge in [0.1, 0.15) is 11.6 Å². The van der Waals surface area contributed by atoms with E-state index in [4.69, 9.17) is 20.6 Å². The molecule has 1 aliphatic heterocycles. The molecule has 0 saturated carbocycles. The number of rotatable bonds is 6. The molecular formula is C32H32F3N7O4. The van der Waals surface area contributed by atoms with Crippen LogP contribution < -0.4 is 5.73 Å². The second kappa shape index (κ2) is 14.1. The Balaban J connectivity index is 0.000000617. The molecule has 240 valence electrons. The Morgan fingerprint density at radius 3 is 2.35 bits per heavy atom. The third-order valence-electron chi connectivity index (χ3n) is 7.40. The van der Waals surface area contributed by atoms with Gasteiger partial charge in [0.25, 0.3) is 5.91 Å². The zero-order chi connectivity index (χ0) is 33.6. The van der Waals surface area contributed by atoms with Crippen molar-refractivity contribution >= 4 is 40.1 Å². The summed E-state index contributed by atoms with van der Waals surface area (Å²) in [5.41, 5.74) is 11.1. The second-order valence-corrected chi connectivity index (χ2v) is 10.6. The van der Waals surface area contributed by atoms with E-state index in [1.165, 1.54) is 5.57 Å². The molecule has 14 heteroatoms. The summed E-state index contributed by atoms with van der Waals surface area (Å²) in [6.45, 7) is 7.00. The number of anilines is 1. The van der Waals surface area contributed by atoms with Gasteiger partial charge in [-0.3, -0.25) is 14.6 Å². The van der Waals surface area contributed by atoms with E-state index in [1.54, 1.807) is 36.4 Å². The fraction of sp³-hybridized carbons (Fsp3) is 0.281. The molecule has 0 aliphatic carbocycles. The Morgan fingerprint density at radius 2 is 1.78 bits per heavy atom. The lowest BCUT2D eigenvalue weighted by Crippen LogP contribution is -2.34. The number of carbonyl (C=O) groups excluding carboxylic acids is 2. The van der Waals surface area contributed by atoms with Crippen molar-refractivity contribution in [2.45, 2.75) is 46.0 Å². The lowest BCUT2D eigenvalue weighted by Gasteiger charge is -2.28. The van der Waals surface area contributed by atoms with Crippen LogP contribution in [-0.2, 0) is 16.1 Å². The number of aryl methyl sites for hydroxylation is 1. The molecule has 1 aliphatic rings. The lowest BCUT2D eigenvalue weighted by atomic mass is 10.0. The van der Waals surface area contributed by atoms with Gasteiger partial charge < -0.3 is 20.6 Å². The first-order valence-electron chi connectivity index (χ1n) is 14.2. The predicted octanol–water partition coefficient (Wildman–Crippen LogP) is 4.98. The van der Waals surface area contributed by atoms with Crippen LogP contribution in [0.5, 0.6) is 0 Å². The fourth-order valence-corrected chi connectivity index (χ4v) is 4.75. The average molecular weight is 636 g/mol. The number of nitrogens with zero attached hydrogens (tertiary/aromatic N) is 6. The summed E-state index contributed by atoms with van der Waals surface area (Å²) in [5.74, 6) is -1.80. The first kappa shape index (κ1) is 33.5. The number of amides is 2. The maximum atomic E-state index is 13.9. The van der Waals surface area contributed by atoms with Crippen LogP contribution in [0.15, 0.2) is 67.1 Å². The lowest BCUT2D eigenvalue weighted by molar-refractivity contribution is -0.192. The van der Waals surface area contributed by atoms with Crippen molar-refractivity contribution < 1.29 is 32.7 Å². The van der Waals surface area contributed by atoms with Crippen molar-refractivity contribution in [1.82, 2.24) is 29.7 Å². The van der Waals surface area contributed by atoms with Gasteiger partial charge in [-0.1, -0.05) is 12.1 Å². The number of carboxylic acid groups (broad SMARTS) is 1. The summed E-state index contributed by atoms with van der Waals surface area (Å²) in [5, 5.41) is 7.97. The predicted molar refractivity (Wildman–Crippen MR) is 164 cm³/mol. The molecule has 2 amide bonds. The van der Waals surface area contributed by atoms with Crippen molar-refractivity contribution in [3.8, 4) is 0 Å². The van der Waals surface area contributed by atoms with Gasteiger partial charge in [-0.15, -0.1) is 0 Å². The monoisotopic (exact) mass is 635 g/mol. The van der Waals surface area contributed by atoms with Crippen LogP contribution in [0.1, 0.15) is 59.3 Å². The number of carboxylic acids is 1. The van der Waals surface area contributed by atoms with Gasteiger partial charge in [0, 0.05) is 49.6 Å². The Kier molecular flexibility index (Phi) is 10.3. The topological polar surface area (TPSA) is 156 Å². The van der Waals surface area contributed by atoms with Gasteiger partial charge in [0.2, 0.25) is 5.91 Å². The highest BCUT2D eigenvalue weighted by molar-refractivity contribution is 5.98. The number of aliphatic carboxylic acids is 1. The molecule has 5 rings (SSSR count). The van der Waals surface area contributed by atoms with Gasteiger partial charge in [0.15, 0.2) is 0 Å². The van der Waals surface area contributed by atoms with Gasteiger partial charge >= 0.3 is 12.1 Å². The minimum Gasteiger partial charge on any atom is -0.475 e. The van der Waals surface area contributed by atoms with Crippen molar-refractivity contribution in [3.05, 3.63) is 95.3 Å². The molecule has 11 nitrogen and oxygen atoms in total. The molecule has 1 atom stereocenters. The number of hydrogen-bond donors (Lipinski definition) is 2. The van der Waals surface area contributed by atoms with E-state index in [0.717, 1.165) is 34.1 Å². The Labute approximate surface area is 262 Å². The molecule has 4 aromatic rings. The van der Waals surface area contributed by atoms with Gasteiger partial charge in [-0.25, -0.2) is 19.7 Å². The van der Waals surface area contributed by atoms with Crippen molar-refractivity contribution in [2.75, 3.05) is 18.8 Å². The molecule has 0 unspecified atom stereocenters. The van der Waals surface area contributed by atoms with E-state index in [9.17, 15) is 22.8 Å². The number of pyridine rings is 2. The van der Waals surface area contributed by atoms with Gasteiger partial charge in [0.05, 0.1) is 23.8 Å². The number of nitrogens with two attached hydrogens (primary N) is 1. The second-order valence-electron chi connectivity index (χ2n) is 10.6. The summed E-state index contributed by atoms with van der Waals surface area (Å²) in [7, 11) is 0. The molecule has 3 N–H and O–H groups in total. The van der Waals surface area contributed by atoms with E-state index < -0.39 is 12.1 Å². The largest absolute Gasteiger partial charge is 0.490 e. The molecule has 46 heavy (non-hydrogen) atoms. The van der Waals surface area contributed by atoms with E-state index in [-0.39, 0.29) is 24.4 Å². The number of halogens is 3. The molecule has 4 heterocycles. The maximum Gasteiger partial charge on any atom is 0.490 e. The van der Waals surface area contributed by atoms with E-state index in [2.05, 4.69) is 21.0 Å². The van der Waals surface area contributed by atoms with Crippen molar-refractivity contribution in [2.24, 2.45) is 0 Å². The summed E-state index contributed by atoms with van der Waals surface area (Å²) in [6.07, 6.45) is 2.97. The first-order valence-corrected chi connectivity index (χ1v) is 14.2. The minimum atomic E-state index is -5.08. The average Bonchev–Trinajstić information content (AvgIpc) is 3.04. The number of carbonyl (C=O) groups is 3. The molecule has 0 bridgehead atoms. The molecule has 0 fully saturated rings. The molecule has 1 aromatic carbocycles. The number of hydrogen-bond acceptors (Lipinski definition) is 8. The van der Waals surface area contributed by atoms with Crippen LogP contribution in [0.25, 0.3) is 16.5 Å². The highest BCUT2D eigenvalue weighted by Gasteiger charge is 2.38. The van der Waals surface area contributed by atoms with Crippen LogP contribution in [0.2, 0.25) is 0 Å². The summed E-state index contributed by atoms with van der Waals surface area (Å²) in [4.78, 5) is 55.9. The van der Waals surface area contributed by atoms with Crippen LogP contribution in [0.4, 0.5) is 19.0 Å². The molecular weight excluding hydrogens is 603 g/mol. The zero-order valence-corrected chi connectivity index (χ0v) is 25.3. The Hall–Kier alpha value is -5.40. The normalized spacial score (nSPS) is 13.7. The number of aromatic nitrogens is 4. The third kappa shape index (κ3) is 8.20. The number of nitrogen functional groups attached to an aromatic ring is 1. The van der Waals surface area contributed by atoms with Crippen LogP contribution in [-0.4, -0.2) is 71.9 Å². The van der Waals surface area contributed by atoms with E-state index in [1.807, 2.05) is 55.3 Å². The number of fused-ring (bicyclic) bond motifs is 1. The van der Waals surface area contributed by atoms with Crippen LogP contribution in [0, 0.1) is 6.92 Å². The van der Waals surface area contributed by atoms with Gasteiger partial charge in [-0.05, 0) is 73.4 Å². The molecule has 3 aromatic heterocycles. The minimum absolute atomic E-state index is 0.0852. The Bertz CT molecular complexity index is 1760. The SMILES string of the molecule is CC(=O)N1CC=C(c2ccc(CN(C(=O)c3ccc4nc(N)c(C)cc4c3)[C@H](C)c3ncccn3)nc2)CC1.O=C(O)C(F)(F)F. The van der Waals surface area contributed by atoms with Crippen LogP contribution >= 0.6 is 0 Å². The highest BCUT2D eigenvalue weighted by atomic mass is 19.4. The smallest absolute Gasteiger partial charge is 0.475 e.